The molecule has 1 N–H and O–H groups in total. The maximum Gasteiger partial charge on any atom is 0.287 e. The van der Waals surface area contributed by atoms with E-state index in [1.165, 1.54) is 25.1 Å². The lowest BCUT2D eigenvalue weighted by atomic mass is 10.1. The Labute approximate surface area is 123 Å². The molecule has 1 aliphatic heterocycles. The highest BCUT2D eigenvalue weighted by molar-refractivity contribution is 6.35. The highest BCUT2D eigenvalue weighted by Gasteiger charge is 2.51. The Morgan fingerprint density at radius 1 is 1.50 bits per heavy atom. The first-order valence-electron chi connectivity index (χ1n) is 5.60. The quantitative estimate of drug-likeness (QED) is 0.909. The van der Waals surface area contributed by atoms with Gasteiger partial charge in [-0.2, -0.15) is 10.1 Å². The smallest absolute Gasteiger partial charge is 0.287 e. The second-order valence-electron chi connectivity index (χ2n) is 4.43. The highest BCUT2D eigenvalue weighted by atomic mass is 35.5. The second-order valence-corrected chi connectivity index (χ2v) is 5.28. The van der Waals surface area contributed by atoms with E-state index in [4.69, 9.17) is 23.2 Å². The van der Waals surface area contributed by atoms with Crippen molar-refractivity contribution in [3.05, 3.63) is 33.8 Å². The van der Waals surface area contributed by atoms with Crippen molar-refractivity contribution in [3.8, 4) is 0 Å². The largest absolute Gasteiger partial charge is 0.364 e. The summed E-state index contributed by atoms with van der Waals surface area (Å²) in [7, 11) is 0. The minimum atomic E-state index is -3.16. The third kappa shape index (κ3) is 2.51. The van der Waals surface area contributed by atoms with E-state index >= 15 is 0 Å². The molecule has 4 nitrogen and oxygen atoms in total. The van der Waals surface area contributed by atoms with Crippen molar-refractivity contribution >= 4 is 34.8 Å². The summed E-state index contributed by atoms with van der Waals surface area (Å²) < 4.78 is 26.1. The van der Waals surface area contributed by atoms with Crippen molar-refractivity contribution in [1.29, 1.82) is 0 Å². The number of hydrogen-bond donors (Lipinski definition) is 1. The monoisotopic (exact) mass is 322 g/mol. The molecule has 0 saturated heterocycles. The summed E-state index contributed by atoms with van der Waals surface area (Å²) >= 11 is 11.6. The van der Waals surface area contributed by atoms with Gasteiger partial charge in [0.2, 0.25) is 5.72 Å². The molecule has 0 aliphatic carbocycles. The average molecular weight is 323 g/mol. The summed E-state index contributed by atoms with van der Waals surface area (Å²) in [5.74, 6) is -0.933. The lowest BCUT2D eigenvalue weighted by Crippen LogP contribution is -2.51. The van der Waals surface area contributed by atoms with Gasteiger partial charge in [0.25, 0.3) is 12.3 Å². The minimum Gasteiger partial charge on any atom is -0.364 e. The van der Waals surface area contributed by atoms with E-state index in [2.05, 4.69) is 5.10 Å². The summed E-state index contributed by atoms with van der Waals surface area (Å²) in [5, 5.41) is 14.3. The van der Waals surface area contributed by atoms with E-state index in [9.17, 15) is 18.7 Å². The molecular weight excluding hydrogens is 313 g/mol. The fourth-order valence-electron chi connectivity index (χ4n) is 1.91. The van der Waals surface area contributed by atoms with E-state index in [0.29, 0.717) is 5.01 Å². The third-order valence-corrected chi connectivity index (χ3v) is 3.42. The molecule has 2 rings (SSSR count). The van der Waals surface area contributed by atoms with Gasteiger partial charge in [0.05, 0.1) is 10.6 Å². The fourth-order valence-corrected chi connectivity index (χ4v) is 2.28. The lowest BCUT2D eigenvalue weighted by molar-refractivity contribution is -0.164. The van der Waals surface area contributed by atoms with Gasteiger partial charge in [0.1, 0.15) is 0 Å². The highest BCUT2D eigenvalue weighted by Crippen LogP contribution is 2.34. The first-order chi connectivity index (χ1) is 9.25. The first-order valence-corrected chi connectivity index (χ1v) is 6.35. The van der Waals surface area contributed by atoms with Crippen LogP contribution >= 0.6 is 23.2 Å². The van der Waals surface area contributed by atoms with Gasteiger partial charge < -0.3 is 5.11 Å². The maximum atomic E-state index is 13.0. The van der Waals surface area contributed by atoms with E-state index in [1.54, 1.807) is 0 Å². The van der Waals surface area contributed by atoms with E-state index < -0.39 is 24.5 Å². The standard InChI is InChI=1S/C12H10Cl2F2N2O2/c1-6-5-12(20,11(15)16)18(17-6)10(19)8-4-7(13)2-3-9(8)14/h2-4,11,20H,5H2,1H3/t12-/m1/s1. The fraction of sp³-hybridized carbons (Fsp3) is 0.333. The zero-order chi connectivity index (χ0) is 15.1. The Bertz CT molecular complexity index is 595. The van der Waals surface area contributed by atoms with Gasteiger partial charge in [0, 0.05) is 17.2 Å². The molecule has 0 spiro atoms. The zero-order valence-corrected chi connectivity index (χ0v) is 11.8. The number of carbonyl (C=O) groups excluding carboxylic acids is 1. The van der Waals surface area contributed by atoms with Crippen molar-refractivity contribution in [3.63, 3.8) is 0 Å². The van der Waals surface area contributed by atoms with Crippen LogP contribution in [-0.2, 0) is 0 Å². The predicted octanol–water partition coefficient (Wildman–Crippen LogP) is 3.17. The summed E-state index contributed by atoms with van der Waals surface area (Å²) in [5.41, 5.74) is -2.54. The molecule has 0 radical (unpaired) electrons. The molecule has 20 heavy (non-hydrogen) atoms. The summed E-state index contributed by atoms with van der Waals surface area (Å²) in [6, 6.07) is 4.06. The number of alkyl halides is 2. The topological polar surface area (TPSA) is 52.9 Å². The van der Waals surface area contributed by atoms with Crippen LogP contribution in [0.3, 0.4) is 0 Å². The van der Waals surface area contributed by atoms with Crippen LogP contribution in [0.25, 0.3) is 0 Å². The Kier molecular flexibility index (Phi) is 4.00. The maximum absolute atomic E-state index is 13.0. The number of hydrazone groups is 1. The van der Waals surface area contributed by atoms with Crippen LogP contribution in [0.5, 0.6) is 0 Å². The van der Waals surface area contributed by atoms with Crippen molar-refractivity contribution in [1.82, 2.24) is 5.01 Å². The van der Waals surface area contributed by atoms with Crippen molar-refractivity contribution in [2.75, 3.05) is 0 Å². The molecule has 0 fully saturated rings. The minimum absolute atomic E-state index is 0.0377. The molecule has 0 aromatic heterocycles. The molecule has 1 atom stereocenters. The van der Waals surface area contributed by atoms with Gasteiger partial charge in [-0.05, 0) is 25.1 Å². The molecule has 108 valence electrons. The lowest BCUT2D eigenvalue weighted by Gasteiger charge is -2.30. The zero-order valence-electron chi connectivity index (χ0n) is 10.3. The van der Waals surface area contributed by atoms with Crippen molar-refractivity contribution in [2.45, 2.75) is 25.5 Å². The SMILES string of the molecule is CC1=NN(C(=O)c2cc(Cl)ccc2Cl)[C@](O)(C(F)F)C1. The average Bonchev–Trinajstić information content (AvgIpc) is 2.68. The molecule has 0 unspecified atom stereocenters. The van der Waals surface area contributed by atoms with Crippen molar-refractivity contribution < 1.29 is 18.7 Å². The van der Waals surface area contributed by atoms with E-state index in [-0.39, 0.29) is 21.3 Å². The summed E-state index contributed by atoms with van der Waals surface area (Å²) in [4.78, 5) is 12.3. The number of aliphatic hydroxyl groups is 1. The molecule has 0 saturated carbocycles. The van der Waals surface area contributed by atoms with Crippen molar-refractivity contribution in [2.24, 2.45) is 5.10 Å². The molecule has 1 aromatic carbocycles. The van der Waals surface area contributed by atoms with Gasteiger partial charge in [0.15, 0.2) is 0 Å². The molecule has 1 aliphatic rings. The van der Waals surface area contributed by atoms with Gasteiger partial charge >= 0.3 is 0 Å². The molecule has 8 heteroatoms. The van der Waals surface area contributed by atoms with Gasteiger partial charge in [-0.3, -0.25) is 4.79 Å². The number of carbonyl (C=O) groups is 1. The Hall–Kier alpha value is -1.24. The number of halogens is 4. The van der Waals surface area contributed by atoms with Gasteiger partial charge in [-0.15, -0.1) is 0 Å². The third-order valence-electron chi connectivity index (χ3n) is 2.85. The van der Waals surface area contributed by atoms with Crippen LogP contribution in [0.2, 0.25) is 10.0 Å². The Morgan fingerprint density at radius 3 is 2.75 bits per heavy atom. The van der Waals surface area contributed by atoms with Crippen LogP contribution in [0.1, 0.15) is 23.7 Å². The number of amides is 1. The van der Waals surface area contributed by atoms with Crippen LogP contribution in [0.4, 0.5) is 8.78 Å². The van der Waals surface area contributed by atoms with Crippen LogP contribution in [0.15, 0.2) is 23.3 Å². The normalized spacial score (nSPS) is 22.4. The van der Waals surface area contributed by atoms with Crippen LogP contribution < -0.4 is 0 Å². The first kappa shape index (κ1) is 15.2. The van der Waals surface area contributed by atoms with E-state index in [1.807, 2.05) is 0 Å². The Morgan fingerprint density at radius 2 is 2.15 bits per heavy atom. The summed E-state index contributed by atoms with van der Waals surface area (Å²) in [6.07, 6.45) is -3.58. The number of rotatable bonds is 2. The number of benzene rings is 1. The summed E-state index contributed by atoms with van der Waals surface area (Å²) in [6.45, 7) is 1.44. The predicted molar refractivity (Wildman–Crippen MR) is 71.3 cm³/mol. The molecule has 0 bridgehead atoms. The van der Waals surface area contributed by atoms with Crippen LogP contribution in [0, 0.1) is 0 Å². The van der Waals surface area contributed by atoms with E-state index in [0.717, 1.165) is 0 Å². The Balaban J connectivity index is 2.44. The molecule has 1 heterocycles. The molecular formula is C12H10Cl2F2N2O2. The molecule has 1 amide bonds. The number of hydrogen-bond acceptors (Lipinski definition) is 3. The van der Waals surface area contributed by atoms with Gasteiger partial charge in [-0.25, -0.2) is 8.78 Å². The second kappa shape index (κ2) is 5.27. The van der Waals surface area contributed by atoms with Crippen LogP contribution in [-0.4, -0.2) is 33.9 Å². The number of nitrogens with zero attached hydrogens (tertiary/aromatic N) is 2. The van der Waals surface area contributed by atoms with Gasteiger partial charge in [-0.1, -0.05) is 23.2 Å². The molecule has 1 aromatic rings.